The SMILES string of the molecule is CCCCCCNC(=O)c1cccc(NN)n1. The second-order valence-electron chi connectivity index (χ2n) is 3.87. The number of aromatic nitrogens is 1. The average Bonchev–Trinajstić information content (AvgIpc) is 2.38. The summed E-state index contributed by atoms with van der Waals surface area (Å²) in [7, 11) is 0. The van der Waals surface area contributed by atoms with Gasteiger partial charge in [-0.2, -0.15) is 0 Å². The molecular weight excluding hydrogens is 216 g/mol. The van der Waals surface area contributed by atoms with Crippen molar-refractivity contribution >= 4 is 11.7 Å². The highest BCUT2D eigenvalue weighted by Crippen LogP contribution is 2.03. The molecular formula is C12H20N4O. The minimum absolute atomic E-state index is 0.154. The van der Waals surface area contributed by atoms with E-state index >= 15 is 0 Å². The third kappa shape index (κ3) is 4.82. The number of carbonyl (C=O) groups excluding carboxylic acids is 1. The van der Waals surface area contributed by atoms with Crippen molar-refractivity contribution in [2.75, 3.05) is 12.0 Å². The summed E-state index contributed by atoms with van der Waals surface area (Å²) >= 11 is 0. The molecule has 0 bridgehead atoms. The molecule has 0 atom stereocenters. The van der Waals surface area contributed by atoms with Gasteiger partial charge in [-0.05, 0) is 18.6 Å². The number of nitrogens with zero attached hydrogens (tertiary/aromatic N) is 1. The Labute approximate surface area is 102 Å². The Morgan fingerprint density at radius 3 is 2.88 bits per heavy atom. The molecule has 1 aromatic rings. The van der Waals surface area contributed by atoms with Crippen LogP contribution in [-0.4, -0.2) is 17.4 Å². The number of hydrazine groups is 1. The average molecular weight is 236 g/mol. The van der Waals surface area contributed by atoms with Gasteiger partial charge in [0.25, 0.3) is 5.91 Å². The van der Waals surface area contributed by atoms with Crippen LogP contribution in [-0.2, 0) is 0 Å². The van der Waals surface area contributed by atoms with Crippen LogP contribution < -0.4 is 16.6 Å². The molecule has 4 N–H and O–H groups in total. The quantitative estimate of drug-likeness (QED) is 0.382. The van der Waals surface area contributed by atoms with Crippen molar-refractivity contribution in [2.45, 2.75) is 32.6 Å². The first kappa shape index (κ1) is 13.4. The number of hydrogen-bond donors (Lipinski definition) is 3. The lowest BCUT2D eigenvalue weighted by molar-refractivity contribution is 0.0948. The van der Waals surface area contributed by atoms with E-state index in [-0.39, 0.29) is 5.91 Å². The molecule has 1 rings (SSSR count). The highest BCUT2D eigenvalue weighted by atomic mass is 16.1. The van der Waals surface area contributed by atoms with E-state index in [2.05, 4.69) is 22.7 Å². The fraction of sp³-hybridized carbons (Fsp3) is 0.500. The van der Waals surface area contributed by atoms with Crippen LogP contribution >= 0.6 is 0 Å². The van der Waals surface area contributed by atoms with Crippen LogP contribution in [0.25, 0.3) is 0 Å². The maximum atomic E-state index is 11.7. The molecule has 0 radical (unpaired) electrons. The van der Waals surface area contributed by atoms with Gasteiger partial charge >= 0.3 is 0 Å². The number of nitrogens with one attached hydrogen (secondary N) is 2. The van der Waals surface area contributed by atoms with E-state index in [0.717, 1.165) is 12.8 Å². The molecule has 0 aromatic carbocycles. The van der Waals surface area contributed by atoms with E-state index in [1.54, 1.807) is 18.2 Å². The van der Waals surface area contributed by atoms with Crippen LogP contribution in [0.3, 0.4) is 0 Å². The van der Waals surface area contributed by atoms with E-state index in [9.17, 15) is 4.79 Å². The molecule has 0 aliphatic rings. The van der Waals surface area contributed by atoms with Crippen LogP contribution in [0.5, 0.6) is 0 Å². The summed E-state index contributed by atoms with van der Waals surface area (Å²) in [5.74, 6) is 5.57. The van der Waals surface area contributed by atoms with Gasteiger partial charge in [0.15, 0.2) is 0 Å². The maximum absolute atomic E-state index is 11.7. The first-order chi connectivity index (χ1) is 8.27. The van der Waals surface area contributed by atoms with Crippen LogP contribution in [0.4, 0.5) is 5.82 Å². The van der Waals surface area contributed by atoms with Crippen LogP contribution in [0.1, 0.15) is 43.1 Å². The largest absolute Gasteiger partial charge is 0.351 e. The fourth-order valence-corrected chi connectivity index (χ4v) is 1.49. The summed E-state index contributed by atoms with van der Waals surface area (Å²) in [5, 5.41) is 2.84. The van der Waals surface area contributed by atoms with E-state index in [1.807, 2.05) is 0 Å². The molecule has 0 spiro atoms. The van der Waals surface area contributed by atoms with Gasteiger partial charge in [-0.25, -0.2) is 10.8 Å². The first-order valence-corrected chi connectivity index (χ1v) is 5.99. The Kier molecular flexibility index (Phi) is 6.03. The minimum Gasteiger partial charge on any atom is -0.351 e. The van der Waals surface area contributed by atoms with Gasteiger partial charge in [-0.1, -0.05) is 32.3 Å². The van der Waals surface area contributed by atoms with Crippen LogP contribution in [0, 0.1) is 0 Å². The van der Waals surface area contributed by atoms with Crippen molar-refractivity contribution in [3.8, 4) is 0 Å². The maximum Gasteiger partial charge on any atom is 0.269 e. The van der Waals surface area contributed by atoms with Gasteiger partial charge < -0.3 is 10.7 Å². The zero-order valence-electron chi connectivity index (χ0n) is 10.2. The number of rotatable bonds is 7. The van der Waals surface area contributed by atoms with Gasteiger partial charge in [0.2, 0.25) is 0 Å². The smallest absolute Gasteiger partial charge is 0.269 e. The number of nitrogens with two attached hydrogens (primary N) is 1. The molecule has 0 unspecified atom stereocenters. The number of nitrogen functional groups attached to an aromatic ring is 1. The summed E-state index contributed by atoms with van der Waals surface area (Å²) < 4.78 is 0. The van der Waals surface area contributed by atoms with E-state index in [4.69, 9.17) is 5.84 Å². The van der Waals surface area contributed by atoms with Crippen molar-refractivity contribution in [1.82, 2.24) is 10.3 Å². The predicted molar refractivity (Wildman–Crippen MR) is 68.5 cm³/mol. The van der Waals surface area contributed by atoms with E-state index < -0.39 is 0 Å². The fourth-order valence-electron chi connectivity index (χ4n) is 1.49. The number of unbranched alkanes of at least 4 members (excludes halogenated alkanes) is 3. The zero-order chi connectivity index (χ0) is 12.5. The van der Waals surface area contributed by atoms with Gasteiger partial charge in [-0.15, -0.1) is 0 Å². The minimum atomic E-state index is -0.154. The standard InChI is InChI=1S/C12H20N4O/c1-2-3-4-5-9-14-12(17)10-7-6-8-11(15-10)16-13/h6-8H,2-5,9,13H2,1H3,(H,14,17)(H,15,16). The molecule has 17 heavy (non-hydrogen) atoms. The number of hydrogen-bond acceptors (Lipinski definition) is 4. The van der Waals surface area contributed by atoms with Gasteiger partial charge in [0.1, 0.15) is 11.5 Å². The Morgan fingerprint density at radius 1 is 1.35 bits per heavy atom. The molecule has 5 heteroatoms. The van der Waals surface area contributed by atoms with Crippen LogP contribution in [0.2, 0.25) is 0 Å². The Balaban J connectivity index is 2.36. The molecule has 0 saturated heterocycles. The summed E-state index contributed by atoms with van der Waals surface area (Å²) in [4.78, 5) is 15.8. The zero-order valence-corrected chi connectivity index (χ0v) is 10.2. The monoisotopic (exact) mass is 236 g/mol. The first-order valence-electron chi connectivity index (χ1n) is 5.99. The summed E-state index contributed by atoms with van der Waals surface area (Å²) in [6, 6.07) is 5.12. The number of anilines is 1. The third-order valence-electron chi connectivity index (χ3n) is 2.45. The molecule has 0 aliphatic carbocycles. The molecule has 1 heterocycles. The van der Waals surface area contributed by atoms with Crippen molar-refractivity contribution in [2.24, 2.45) is 5.84 Å². The molecule has 5 nitrogen and oxygen atoms in total. The van der Waals surface area contributed by atoms with E-state index in [0.29, 0.717) is 18.1 Å². The predicted octanol–water partition coefficient (Wildman–Crippen LogP) is 1.68. The Bertz CT molecular complexity index is 354. The molecule has 0 fully saturated rings. The van der Waals surface area contributed by atoms with Crippen LogP contribution in [0.15, 0.2) is 18.2 Å². The van der Waals surface area contributed by atoms with Crippen molar-refractivity contribution in [3.05, 3.63) is 23.9 Å². The number of amides is 1. The molecule has 1 aromatic heterocycles. The van der Waals surface area contributed by atoms with Crippen molar-refractivity contribution < 1.29 is 4.79 Å². The normalized spacial score (nSPS) is 10.0. The summed E-state index contributed by atoms with van der Waals surface area (Å²) in [6.07, 6.45) is 4.56. The topological polar surface area (TPSA) is 80.0 Å². The third-order valence-corrected chi connectivity index (χ3v) is 2.45. The van der Waals surface area contributed by atoms with E-state index in [1.165, 1.54) is 12.8 Å². The van der Waals surface area contributed by atoms with Crippen molar-refractivity contribution in [3.63, 3.8) is 0 Å². The second kappa shape index (κ2) is 7.62. The second-order valence-corrected chi connectivity index (χ2v) is 3.87. The highest BCUT2D eigenvalue weighted by molar-refractivity contribution is 5.92. The lowest BCUT2D eigenvalue weighted by atomic mass is 10.2. The summed E-state index contributed by atoms with van der Waals surface area (Å²) in [6.45, 7) is 2.86. The Morgan fingerprint density at radius 2 is 2.18 bits per heavy atom. The van der Waals surface area contributed by atoms with Gasteiger partial charge in [0, 0.05) is 6.54 Å². The van der Waals surface area contributed by atoms with Gasteiger partial charge in [0.05, 0.1) is 0 Å². The number of carbonyl (C=O) groups is 1. The highest BCUT2D eigenvalue weighted by Gasteiger charge is 2.06. The number of pyridine rings is 1. The lowest BCUT2D eigenvalue weighted by Crippen LogP contribution is -2.25. The molecule has 0 saturated carbocycles. The molecule has 1 amide bonds. The molecule has 94 valence electrons. The summed E-state index contributed by atoms with van der Waals surface area (Å²) in [5.41, 5.74) is 2.80. The molecule has 0 aliphatic heterocycles. The van der Waals surface area contributed by atoms with Gasteiger partial charge in [-0.3, -0.25) is 4.79 Å². The van der Waals surface area contributed by atoms with Crippen molar-refractivity contribution in [1.29, 1.82) is 0 Å². The Hall–Kier alpha value is -1.62. The lowest BCUT2D eigenvalue weighted by Gasteiger charge is -2.05.